The Labute approximate surface area is 208 Å². The van der Waals surface area contributed by atoms with Crippen molar-refractivity contribution in [1.29, 1.82) is 0 Å². The number of methoxy groups -OCH3 is 2. The molecule has 0 heterocycles. The zero-order valence-electron chi connectivity index (χ0n) is 19.8. The third-order valence-electron chi connectivity index (χ3n) is 5.01. The Hall–Kier alpha value is -2.49. The van der Waals surface area contributed by atoms with Crippen molar-refractivity contribution in [2.75, 3.05) is 48.5 Å². The number of nitrogens with zero attached hydrogens (tertiary/aromatic N) is 3. The zero-order valence-corrected chi connectivity index (χ0v) is 22.2. The van der Waals surface area contributed by atoms with Crippen molar-refractivity contribution in [2.24, 2.45) is 4.99 Å². The summed E-state index contributed by atoms with van der Waals surface area (Å²) in [6.07, 6.45) is 0.866. The summed E-state index contributed by atoms with van der Waals surface area (Å²) in [7, 11) is 8.69. The summed E-state index contributed by atoms with van der Waals surface area (Å²) in [6.45, 7) is 3.46. The van der Waals surface area contributed by atoms with E-state index in [1.165, 1.54) is 5.56 Å². The van der Waals surface area contributed by atoms with Gasteiger partial charge in [-0.25, -0.2) is 4.99 Å². The van der Waals surface area contributed by atoms with Gasteiger partial charge in [-0.1, -0.05) is 30.3 Å². The number of carbonyl (C=O) groups is 1. The van der Waals surface area contributed by atoms with E-state index in [0.717, 1.165) is 17.5 Å². The fourth-order valence-electron chi connectivity index (χ4n) is 3.08. The first-order valence-corrected chi connectivity index (χ1v) is 10.3. The highest BCUT2D eigenvalue weighted by Gasteiger charge is 2.14. The first-order valence-electron chi connectivity index (χ1n) is 10.3. The quantitative estimate of drug-likeness (QED) is 0.293. The van der Waals surface area contributed by atoms with E-state index in [2.05, 4.69) is 22.4 Å². The molecule has 0 aromatic heterocycles. The first-order chi connectivity index (χ1) is 14.8. The van der Waals surface area contributed by atoms with Gasteiger partial charge in [0.2, 0.25) is 5.91 Å². The molecule has 0 aliphatic rings. The van der Waals surface area contributed by atoms with E-state index in [1.54, 1.807) is 33.2 Å². The number of hydrogen-bond acceptors (Lipinski definition) is 4. The molecule has 176 valence electrons. The van der Waals surface area contributed by atoms with Gasteiger partial charge in [-0.05, 0) is 42.2 Å². The van der Waals surface area contributed by atoms with Crippen molar-refractivity contribution in [3.8, 4) is 11.5 Å². The molecule has 7 nitrogen and oxygen atoms in total. The number of likely N-dealkylation sites (N-methyl/N-ethyl adjacent to an activating group) is 1. The lowest BCUT2D eigenvalue weighted by atomic mass is 10.1. The highest BCUT2D eigenvalue weighted by atomic mass is 127. The Morgan fingerprint density at radius 3 is 2.25 bits per heavy atom. The highest BCUT2D eigenvalue weighted by molar-refractivity contribution is 14.0. The second-order valence-corrected chi connectivity index (χ2v) is 7.58. The summed E-state index contributed by atoms with van der Waals surface area (Å²) in [6, 6.07) is 14.2. The maximum absolute atomic E-state index is 12.1. The molecule has 0 atom stereocenters. The summed E-state index contributed by atoms with van der Waals surface area (Å²) in [5.74, 6) is 2.03. The van der Waals surface area contributed by atoms with Crippen LogP contribution in [0, 0.1) is 6.92 Å². The molecule has 0 aliphatic carbocycles. The fourth-order valence-corrected chi connectivity index (χ4v) is 3.08. The van der Waals surface area contributed by atoms with Gasteiger partial charge < -0.3 is 24.6 Å². The molecule has 8 heteroatoms. The molecule has 0 saturated carbocycles. The third kappa shape index (κ3) is 8.22. The second-order valence-electron chi connectivity index (χ2n) is 7.58. The second kappa shape index (κ2) is 13.8. The van der Waals surface area contributed by atoms with E-state index >= 15 is 0 Å². The van der Waals surface area contributed by atoms with Crippen LogP contribution in [-0.4, -0.2) is 70.1 Å². The molecule has 1 amide bonds. The van der Waals surface area contributed by atoms with Gasteiger partial charge in [0.25, 0.3) is 0 Å². The molecule has 2 aromatic carbocycles. The number of guanidine groups is 1. The number of nitrogens with one attached hydrogen (secondary N) is 1. The van der Waals surface area contributed by atoms with Crippen LogP contribution in [0.3, 0.4) is 0 Å². The number of rotatable bonds is 9. The Morgan fingerprint density at radius 1 is 1.03 bits per heavy atom. The summed E-state index contributed by atoms with van der Waals surface area (Å²) >= 11 is 0. The van der Waals surface area contributed by atoms with Crippen LogP contribution in [0.25, 0.3) is 0 Å². The van der Waals surface area contributed by atoms with Gasteiger partial charge in [-0.2, -0.15) is 0 Å². The van der Waals surface area contributed by atoms with Gasteiger partial charge >= 0.3 is 0 Å². The van der Waals surface area contributed by atoms with Crippen molar-refractivity contribution in [1.82, 2.24) is 15.1 Å². The summed E-state index contributed by atoms with van der Waals surface area (Å²) in [4.78, 5) is 20.2. The van der Waals surface area contributed by atoms with Gasteiger partial charge in [-0.3, -0.25) is 4.79 Å². The van der Waals surface area contributed by atoms with E-state index in [-0.39, 0.29) is 36.4 Å². The predicted octanol–water partition coefficient (Wildman–Crippen LogP) is 3.34. The molecular weight excluding hydrogens is 519 g/mol. The SMILES string of the molecule is COc1cc(C)c(CN(C)C(=NCC(=O)N(C)C)NCCc2ccccc2)cc1OC.I. The van der Waals surface area contributed by atoms with Crippen LogP contribution in [0.5, 0.6) is 11.5 Å². The van der Waals surface area contributed by atoms with E-state index in [9.17, 15) is 4.79 Å². The number of halogens is 1. The Balaban J connectivity index is 0.00000512. The topological polar surface area (TPSA) is 66.4 Å². The number of benzene rings is 2. The lowest BCUT2D eigenvalue weighted by Crippen LogP contribution is -2.40. The molecule has 0 radical (unpaired) electrons. The third-order valence-corrected chi connectivity index (χ3v) is 5.01. The summed E-state index contributed by atoms with van der Waals surface area (Å²) < 4.78 is 10.8. The molecule has 1 N–H and O–H groups in total. The van der Waals surface area contributed by atoms with Crippen molar-refractivity contribution in [3.05, 3.63) is 59.2 Å². The maximum Gasteiger partial charge on any atom is 0.243 e. The minimum atomic E-state index is -0.0435. The number of carbonyl (C=O) groups excluding carboxylic acids is 1. The van der Waals surface area contributed by atoms with Crippen LogP contribution >= 0.6 is 24.0 Å². The van der Waals surface area contributed by atoms with Crippen molar-refractivity contribution >= 4 is 35.8 Å². The molecule has 32 heavy (non-hydrogen) atoms. The summed E-state index contributed by atoms with van der Waals surface area (Å²) in [5, 5.41) is 3.40. The molecule has 0 unspecified atom stereocenters. The van der Waals surface area contributed by atoms with Crippen molar-refractivity contribution < 1.29 is 14.3 Å². The highest BCUT2D eigenvalue weighted by Crippen LogP contribution is 2.30. The predicted molar refractivity (Wildman–Crippen MR) is 140 cm³/mol. The minimum absolute atomic E-state index is 0. The lowest BCUT2D eigenvalue weighted by Gasteiger charge is -2.24. The largest absolute Gasteiger partial charge is 0.493 e. The Kier molecular flexibility index (Phi) is 11.9. The lowest BCUT2D eigenvalue weighted by molar-refractivity contribution is -0.127. The molecular formula is C24H35IN4O3. The maximum atomic E-state index is 12.1. The average molecular weight is 554 g/mol. The van der Waals surface area contributed by atoms with E-state index in [1.807, 2.05) is 49.2 Å². The Morgan fingerprint density at radius 2 is 1.66 bits per heavy atom. The zero-order chi connectivity index (χ0) is 22.8. The van der Waals surface area contributed by atoms with Gasteiger partial charge in [0.15, 0.2) is 17.5 Å². The number of amides is 1. The number of ether oxygens (including phenoxy) is 2. The van der Waals surface area contributed by atoms with Crippen LogP contribution in [0.2, 0.25) is 0 Å². The van der Waals surface area contributed by atoms with E-state index in [4.69, 9.17) is 9.47 Å². The van der Waals surface area contributed by atoms with Crippen molar-refractivity contribution in [2.45, 2.75) is 19.9 Å². The number of hydrogen-bond donors (Lipinski definition) is 1. The standard InChI is InChI=1S/C24H34N4O3.HI/c1-18-14-21(30-5)22(31-6)15-20(18)17-28(4)24(26-16-23(29)27(2)3)25-13-12-19-10-8-7-9-11-19;/h7-11,14-15H,12-13,16-17H2,1-6H3,(H,25,26);1H. The van der Waals surface area contributed by atoms with Gasteiger partial charge in [-0.15, -0.1) is 24.0 Å². The Bertz CT molecular complexity index is 888. The van der Waals surface area contributed by atoms with Crippen molar-refractivity contribution in [3.63, 3.8) is 0 Å². The monoisotopic (exact) mass is 554 g/mol. The first kappa shape index (κ1) is 27.5. The summed E-state index contributed by atoms with van der Waals surface area (Å²) in [5.41, 5.74) is 3.44. The van der Waals surface area contributed by atoms with Gasteiger partial charge in [0.1, 0.15) is 6.54 Å². The number of aryl methyl sites for hydroxylation is 1. The van der Waals surface area contributed by atoms with Gasteiger partial charge in [0, 0.05) is 34.2 Å². The normalized spacial score (nSPS) is 10.8. The van der Waals surface area contributed by atoms with Crippen LogP contribution in [0.15, 0.2) is 47.5 Å². The average Bonchev–Trinajstić information content (AvgIpc) is 2.77. The molecule has 0 bridgehead atoms. The molecule has 0 aliphatic heterocycles. The van der Waals surface area contributed by atoms with Crippen LogP contribution in [0.4, 0.5) is 0 Å². The molecule has 0 fully saturated rings. The van der Waals surface area contributed by atoms with Crippen LogP contribution < -0.4 is 14.8 Å². The fraction of sp³-hybridized carbons (Fsp3) is 0.417. The van der Waals surface area contributed by atoms with Gasteiger partial charge in [0.05, 0.1) is 14.2 Å². The minimum Gasteiger partial charge on any atom is -0.493 e. The molecule has 2 aromatic rings. The molecule has 2 rings (SSSR count). The number of aliphatic imine (C=N–C) groups is 1. The smallest absolute Gasteiger partial charge is 0.243 e. The van der Waals surface area contributed by atoms with Crippen LogP contribution in [0.1, 0.15) is 16.7 Å². The molecule has 0 saturated heterocycles. The van der Waals surface area contributed by atoms with E-state index < -0.39 is 0 Å². The van der Waals surface area contributed by atoms with Crippen LogP contribution in [-0.2, 0) is 17.8 Å². The van der Waals surface area contributed by atoms with E-state index in [0.29, 0.717) is 30.5 Å². The molecule has 0 spiro atoms.